The number of hydrogen-bond donors (Lipinski definition) is 0. The molecule has 5 rings (SSSR count). The molecule has 1 fully saturated rings. The van der Waals surface area contributed by atoms with Crippen LogP contribution in [-0.4, -0.2) is 19.3 Å². The predicted molar refractivity (Wildman–Crippen MR) is 94.6 cm³/mol. The van der Waals surface area contributed by atoms with Gasteiger partial charge in [-0.05, 0) is 49.1 Å². The molecule has 1 aliphatic carbocycles. The number of aryl methyl sites for hydroxylation is 1. The first-order chi connectivity index (χ1) is 12.7. The maximum atomic E-state index is 13.2. The normalized spacial score (nSPS) is 24.3. The molecule has 1 aliphatic heterocycles. The molecule has 0 saturated heterocycles. The molecule has 0 spiro atoms. The summed E-state index contributed by atoms with van der Waals surface area (Å²) >= 11 is 0. The summed E-state index contributed by atoms with van der Waals surface area (Å²) in [6.45, 7) is 0. The zero-order chi connectivity index (χ0) is 17.7. The lowest BCUT2D eigenvalue weighted by molar-refractivity contribution is 0.233. The Morgan fingerprint density at radius 2 is 1.88 bits per heavy atom. The number of halogens is 1. The van der Waals surface area contributed by atoms with Gasteiger partial charge < -0.3 is 0 Å². The van der Waals surface area contributed by atoms with Crippen molar-refractivity contribution in [1.29, 1.82) is 0 Å². The molecule has 2 aromatic heterocycles. The molecule has 0 amide bonds. The first kappa shape index (κ1) is 15.5. The Morgan fingerprint density at radius 3 is 2.62 bits per heavy atom. The van der Waals surface area contributed by atoms with Crippen molar-refractivity contribution >= 4 is 0 Å². The molecule has 2 aliphatic rings. The Balaban J connectivity index is 1.40. The number of pyridine rings is 1. The van der Waals surface area contributed by atoms with E-state index in [1.165, 1.54) is 12.1 Å². The van der Waals surface area contributed by atoms with E-state index in [1.807, 2.05) is 24.4 Å². The van der Waals surface area contributed by atoms with Gasteiger partial charge in [0.15, 0.2) is 0 Å². The topological polar surface area (TPSA) is 52.7 Å². The summed E-state index contributed by atoms with van der Waals surface area (Å²) in [6.07, 6.45) is 5.22. The van der Waals surface area contributed by atoms with Gasteiger partial charge in [0.2, 0.25) is 0 Å². The molecule has 0 bridgehead atoms. The van der Waals surface area contributed by atoms with Gasteiger partial charge in [0.05, 0.1) is 12.1 Å². The van der Waals surface area contributed by atoms with Crippen molar-refractivity contribution in [1.82, 2.24) is 19.3 Å². The Bertz CT molecular complexity index is 987. The van der Waals surface area contributed by atoms with E-state index in [4.69, 9.17) is 0 Å². The van der Waals surface area contributed by atoms with E-state index in [1.54, 1.807) is 21.4 Å². The van der Waals surface area contributed by atoms with Gasteiger partial charge in [-0.15, -0.1) is 0 Å². The Labute approximate surface area is 150 Å². The second-order valence-corrected chi connectivity index (χ2v) is 7.20. The van der Waals surface area contributed by atoms with E-state index in [-0.39, 0.29) is 23.6 Å². The summed E-state index contributed by atoms with van der Waals surface area (Å²) in [4.78, 5) is 17.4. The molecule has 1 saturated carbocycles. The molecule has 132 valence electrons. The Morgan fingerprint density at radius 1 is 1.08 bits per heavy atom. The fraction of sp³-hybridized carbons (Fsp3) is 0.350. The highest BCUT2D eigenvalue weighted by Gasteiger charge is 2.37. The summed E-state index contributed by atoms with van der Waals surface area (Å²) in [6, 6.07) is 12.5. The highest BCUT2D eigenvalue weighted by Crippen LogP contribution is 2.43. The van der Waals surface area contributed by atoms with Crippen molar-refractivity contribution in [2.24, 2.45) is 0 Å². The Kier molecular flexibility index (Phi) is 3.51. The van der Waals surface area contributed by atoms with Gasteiger partial charge in [-0.2, -0.15) is 5.10 Å². The molecule has 6 heteroatoms. The average molecular weight is 350 g/mol. The zero-order valence-electron chi connectivity index (χ0n) is 14.3. The first-order valence-corrected chi connectivity index (χ1v) is 9.07. The Hall–Kier alpha value is -2.76. The minimum Gasteiger partial charge on any atom is -0.271 e. The number of benzene rings is 1. The lowest BCUT2D eigenvalue weighted by Crippen LogP contribution is -2.35. The van der Waals surface area contributed by atoms with E-state index in [0.717, 1.165) is 42.8 Å². The summed E-state index contributed by atoms with van der Waals surface area (Å²) in [5, 5.41) is 4.61. The first-order valence-electron chi connectivity index (χ1n) is 9.07. The highest BCUT2D eigenvalue weighted by molar-refractivity contribution is 5.24. The number of hydrogen-bond acceptors (Lipinski definition) is 3. The van der Waals surface area contributed by atoms with Gasteiger partial charge in [-0.3, -0.25) is 9.55 Å². The van der Waals surface area contributed by atoms with Crippen LogP contribution in [0.5, 0.6) is 0 Å². The van der Waals surface area contributed by atoms with Crippen molar-refractivity contribution < 1.29 is 4.39 Å². The maximum absolute atomic E-state index is 13.2. The number of nitrogens with zero attached hydrogens (tertiary/aromatic N) is 4. The molecule has 3 heterocycles. The third kappa shape index (κ3) is 2.40. The van der Waals surface area contributed by atoms with Gasteiger partial charge in [0.1, 0.15) is 11.6 Å². The van der Waals surface area contributed by atoms with Crippen LogP contribution in [-0.2, 0) is 6.42 Å². The molecule has 1 aromatic carbocycles. The third-order valence-corrected chi connectivity index (χ3v) is 5.68. The molecule has 1 atom stereocenters. The fourth-order valence-electron chi connectivity index (χ4n) is 4.20. The lowest BCUT2D eigenvalue weighted by atomic mass is 9.78. The van der Waals surface area contributed by atoms with E-state index in [9.17, 15) is 9.18 Å². The number of rotatable bonds is 3. The average Bonchev–Trinajstić information content (AvgIpc) is 3.17. The van der Waals surface area contributed by atoms with Gasteiger partial charge in [-0.1, -0.05) is 18.2 Å². The van der Waals surface area contributed by atoms with E-state index < -0.39 is 0 Å². The molecule has 0 radical (unpaired) electrons. The van der Waals surface area contributed by atoms with Crippen molar-refractivity contribution in [2.75, 3.05) is 0 Å². The molecule has 0 unspecified atom stereocenters. The number of fused-ring (bicyclic) bond motifs is 1. The summed E-state index contributed by atoms with van der Waals surface area (Å²) in [5.41, 5.74) is 2.01. The lowest BCUT2D eigenvalue weighted by Gasteiger charge is -2.34. The van der Waals surface area contributed by atoms with Crippen LogP contribution in [0.25, 0.3) is 0 Å². The molecular formula is C20H19FN4O. The summed E-state index contributed by atoms with van der Waals surface area (Å²) < 4.78 is 16.6. The van der Waals surface area contributed by atoms with Crippen LogP contribution in [0.2, 0.25) is 0 Å². The summed E-state index contributed by atoms with van der Waals surface area (Å²) in [7, 11) is 0. The summed E-state index contributed by atoms with van der Waals surface area (Å²) in [5.74, 6) is 0.980. The largest absolute Gasteiger partial charge is 0.346 e. The quantitative estimate of drug-likeness (QED) is 0.729. The van der Waals surface area contributed by atoms with E-state index >= 15 is 0 Å². The fourth-order valence-corrected chi connectivity index (χ4v) is 4.20. The van der Waals surface area contributed by atoms with Crippen molar-refractivity contribution in [2.45, 2.75) is 43.7 Å². The van der Waals surface area contributed by atoms with Crippen LogP contribution >= 0.6 is 0 Å². The highest BCUT2D eigenvalue weighted by atomic mass is 19.1. The van der Waals surface area contributed by atoms with E-state index in [2.05, 4.69) is 10.1 Å². The van der Waals surface area contributed by atoms with E-state index in [0.29, 0.717) is 5.92 Å². The maximum Gasteiger partial charge on any atom is 0.346 e. The van der Waals surface area contributed by atoms with Gasteiger partial charge in [-0.25, -0.2) is 13.9 Å². The van der Waals surface area contributed by atoms with Gasteiger partial charge in [0, 0.05) is 24.2 Å². The monoisotopic (exact) mass is 350 g/mol. The minimum atomic E-state index is -0.259. The molecule has 0 N–H and O–H groups in total. The van der Waals surface area contributed by atoms with Crippen molar-refractivity contribution in [3.63, 3.8) is 0 Å². The molecular weight excluding hydrogens is 331 g/mol. The second-order valence-electron chi connectivity index (χ2n) is 7.20. The third-order valence-electron chi connectivity index (χ3n) is 5.68. The van der Waals surface area contributed by atoms with Crippen LogP contribution < -0.4 is 5.69 Å². The zero-order valence-corrected chi connectivity index (χ0v) is 14.3. The minimum absolute atomic E-state index is 0.0430. The SMILES string of the molecule is O=c1n(C2CC(c3ccccn3)C2)nc2n1[C@H](c1ccc(F)cc1)CC2. The number of aromatic nitrogens is 4. The van der Waals surface area contributed by atoms with Crippen molar-refractivity contribution in [3.05, 3.63) is 82.0 Å². The molecule has 5 nitrogen and oxygen atoms in total. The van der Waals surface area contributed by atoms with Crippen LogP contribution in [0.4, 0.5) is 4.39 Å². The molecule has 26 heavy (non-hydrogen) atoms. The van der Waals surface area contributed by atoms with Crippen LogP contribution in [0.15, 0.2) is 53.5 Å². The van der Waals surface area contributed by atoms with Crippen LogP contribution in [0.1, 0.15) is 54.3 Å². The smallest absolute Gasteiger partial charge is 0.271 e. The van der Waals surface area contributed by atoms with Crippen LogP contribution in [0, 0.1) is 5.82 Å². The van der Waals surface area contributed by atoms with Gasteiger partial charge in [0.25, 0.3) is 0 Å². The van der Waals surface area contributed by atoms with Crippen LogP contribution in [0.3, 0.4) is 0 Å². The second kappa shape index (κ2) is 5.90. The standard InChI is InChI=1S/C20H19FN4O/c21-15-6-4-13(5-7-15)18-8-9-19-23-25(20(26)24(18)19)16-11-14(12-16)17-3-1-2-10-22-17/h1-7,10,14,16,18H,8-9,11-12H2/t14?,16?,18-/m0/s1. The van der Waals surface area contributed by atoms with Crippen molar-refractivity contribution in [3.8, 4) is 0 Å². The molecule has 3 aromatic rings. The predicted octanol–water partition coefficient (Wildman–Crippen LogP) is 3.23. The van der Waals surface area contributed by atoms with Gasteiger partial charge >= 0.3 is 5.69 Å².